The van der Waals surface area contributed by atoms with E-state index in [4.69, 9.17) is 4.42 Å². The first kappa shape index (κ1) is 16.7. The lowest BCUT2D eigenvalue weighted by molar-refractivity contribution is -0.880. The first-order valence-corrected chi connectivity index (χ1v) is 9.08. The molecule has 0 spiro atoms. The van der Waals surface area contributed by atoms with Gasteiger partial charge in [0.15, 0.2) is 5.76 Å². The van der Waals surface area contributed by atoms with Gasteiger partial charge in [-0.3, -0.25) is 4.79 Å². The average molecular weight is 350 g/mol. The maximum Gasteiger partial charge on any atom is 0.291 e. The number of fused-ring (bicyclic) bond motifs is 1. The van der Waals surface area contributed by atoms with Gasteiger partial charge in [0.05, 0.1) is 44.6 Å². The number of aryl methyl sites for hydroxylation is 1. The molecule has 134 valence electrons. The van der Waals surface area contributed by atoms with E-state index in [0.717, 1.165) is 54.1 Å². The van der Waals surface area contributed by atoms with Crippen LogP contribution in [0.25, 0.3) is 11.0 Å². The van der Waals surface area contributed by atoms with Crippen LogP contribution >= 0.6 is 0 Å². The van der Waals surface area contributed by atoms with E-state index >= 15 is 0 Å². The number of amides is 1. The summed E-state index contributed by atoms with van der Waals surface area (Å²) in [6.07, 6.45) is 0. The van der Waals surface area contributed by atoms with E-state index < -0.39 is 0 Å². The van der Waals surface area contributed by atoms with Gasteiger partial charge in [-0.15, -0.1) is 0 Å². The fourth-order valence-corrected chi connectivity index (χ4v) is 3.55. The number of nitrogens with zero attached hydrogens (tertiary/aromatic N) is 1. The van der Waals surface area contributed by atoms with Crippen LogP contribution in [0, 0.1) is 6.92 Å². The number of likely N-dealkylation sites (N-methyl/N-ethyl adjacent to an activating group) is 1. The van der Waals surface area contributed by atoms with Crippen molar-refractivity contribution in [2.75, 3.05) is 43.4 Å². The molecule has 1 aromatic heterocycles. The summed E-state index contributed by atoms with van der Waals surface area (Å²) in [6.45, 7) is 6.11. The predicted molar refractivity (Wildman–Crippen MR) is 104 cm³/mol. The molecule has 5 nitrogen and oxygen atoms in total. The molecule has 1 amide bonds. The Kier molecular flexibility index (Phi) is 4.39. The SMILES string of the molecule is Cc1c(C(=O)Nc2ccccc2N2CC[NH+](C)CC2)oc2ccccc12. The first-order valence-electron chi connectivity index (χ1n) is 9.08. The van der Waals surface area contributed by atoms with Crippen molar-refractivity contribution < 1.29 is 14.1 Å². The minimum atomic E-state index is -0.203. The van der Waals surface area contributed by atoms with Gasteiger partial charge in [-0.1, -0.05) is 30.3 Å². The fourth-order valence-electron chi connectivity index (χ4n) is 3.55. The monoisotopic (exact) mass is 350 g/mol. The van der Waals surface area contributed by atoms with Gasteiger partial charge in [0, 0.05) is 10.9 Å². The van der Waals surface area contributed by atoms with Crippen molar-refractivity contribution in [3.05, 3.63) is 59.9 Å². The second-order valence-electron chi connectivity index (χ2n) is 6.97. The third kappa shape index (κ3) is 3.06. The van der Waals surface area contributed by atoms with Gasteiger partial charge < -0.3 is 19.5 Å². The van der Waals surface area contributed by atoms with Gasteiger partial charge in [-0.25, -0.2) is 0 Å². The highest BCUT2D eigenvalue weighted by Gasteiger charge is 2.22. The number of hydrogen-bond acceptors (Lipinski definition) is 3. The van der Waals surface area contributed by atoms with E-state index in [-0.39, 0.29) is 5.91 Å². The van der Waals surface area contributed by atoms with Crippen molar-refractivity contribution in [2.45, 2.75) is 6.92 Å². The molecule has 0 radical (unpaired) electrons. The van der Waals surface area contributed by atoms with Crippen molar-refractivity contribution in [3.8, 4) is 0 Å². The molecule has 0 unspecified atom stereocenters. The number of nitrogens with one attached hydrogen (secondary N) is 2. The molecule has 0 aliphatic carbocycles. The molecule has 4 rings (SSSR count). The largest absolute Gasteiger partial charge is 0.451 e. The van der Waals surface area contributed by atoms with Crippen LogP contribution in [0.2, 0.25) is 0 Å². The molecule has 5 heteroatoms. The lowest BCUT2D eigenvalue weighted by Crippen LogP contribution is -3.12. The molecule has 1 saturated heterocycles. The van der Waals surface area contributed by atoms with Gasteiger partial charge in [0.25, 0.3) is 5.91 Å². The van der Waals surface area contributed by atoms with Crippen molar-refractivity contribution in [1.82, 2.24) is 0 Å². The molecule has 2 N–H and O–H groups in total. The summed E-state index contributed by atoms with van der Waals surface area (Å²) in [7, 11) is 2.22. The molecule has 0 bridgehead atoms. The Morgan fingerprint density at radius 3 is 2.54 bits per heavy atom. The average Bonchev–Trinajstić information content (AvgIpc) is 3.00. The summed E-state index contributed by atoms with van der Waals surface area (Å²) in [5, 5.41) is 4.04. The number of para-hydroxylation sites is 3. The normalized spacial score (nSPS) is 15.4. The van der Waals surface area contributed by atoms with Gasteiger partial charge in [-0.05, 0) is 25.1 Å². The molecule has 3 aromatic rings. The minimum Gasteiger partial charge on any atom is -0.451 e. The van der Waals surface area contributed by atoms with E-state index in [1.807, 2.05) is 49.4 Å². The Bertz CT molecular complexity index is 939. The van der Waals surface area contributed by atoms with Crippen LogP contribution in [0.1, 0.15) is 16.1 Å². The number of carbonyl (C=O) groups is 1. The van der Waals surface area contributed by atoms with Crippen molar-refractivity contribution in [2.24, 2.45) is 0 Å². The maximum absolute atomic E-state index is 12.9. The van der Waals surface area contributed by atoms with Crippen LogP contribution in [0.15, 0.2) is 52.9 Å². The van der Waals surface area contributed by atoms with Crippen LogP contribution in [0.4, 0.5) is 11.4 Å². The highest BCUT2D eigenvalue weighted by Crippen LogP contribution is 2.29. The van der Waals surface area contributed by atoms with E-state index in [1.165, 1.54) is 0 Å². The molecule has 2 aromatic carbocycles. The Balaban J connectivity index is 1.61. The molecule has 26 heavy (non-hydrogen) atoms. The van der Waals surface area contributed by atoms with Crippen molar-refractivity contribution >= 4 is 28.3 Å². The molecule has 0 atom stereocenters. The summed E-state index contributed by atoms with van der Waals surface area (Å²) < 4.78 is 5.80. The second kappa shape index (κ2) is 6.84. The van der Waals surface area contributed by atoms with Gasteiger partial charge >= 0.3 is 0 Å². The van der Waals surface area contributed by atoms with Crippen molar-refractivity contribution in [3.63, 3.8) is 0 Å². The van der Waals surface area contributed by atoms with Gasteiger partial charge in [-0.2, -0.15) is 0 Å². The van der Waals surface area contributed by atoms with E-state index in [9.17, 15) is 4.79 Å². The molecule has 0 saturated carbocycles. The Labute approximate surface area is 153 Å². The van der Waals surface area contributed by atoms with Crippen LogP contribution in [0.5, 0.6) is 0 Å². The molecular formula is C21H24N3O2+. The quantitative estimate of drug-likeness (QED) is 0.762. The molecule has 1 aliphatic rings. The zero-order valence-electron chi connectivity index (χ0n) is 15.2. The number of carbonyl (C=O) groups excluding carboxylic acids is 1. The highest BCUT2D eigenvalue weighted by atomic mass is 16.3. The summed E-state index contributed by atoms with van der Waals surface area (Å²) in [6, 6.07) is 15.7. The van der Waals surface area contributed by atoms with Crippen LogP contribution in [-0.2, 0) is 0 Å². The summed E-state index contributed by atoms with van der Waals surface area (Å²) in [5.41, 5.74) is 3.52. The Morgan fingerprint density at radius 1 is 1.08 bits per heavy atom. The summed E-state index contributed by atoms with van der Waals surface area (Å²) in [5.74, 6) is 0.176. The number of benzene rings is 2. The molecular weight excluding hydrogens is 326 g/mol. The Hall–Kier alpha value is -2.79. The molecule has 1 aliphatic heterocycles. The highest BCUT2D eigenvalue weighted by molar-refractivity contribution is 6.07. The zero-order chi connectivity index (χ0) is 18.1. The third-order valence-electron chi connectivity index (χ3n) is 5.16. The first-order chi connectivity index (χ1) is 12.6. The molecule has 1 fully saturated rings. The smallest absolute Gasteiger partial charge is 0.291 e. The topological polar surface area (TPSA) is 49.9 Å². The lowest BCUT2D eigenvalue weighted by atomic mass is 10.1. The van der Waals surface area contributed by atoms with Crippen molar-refractivity contribution in [1.29, 1.82) is 0 Å². The lowest BCUT2D eigenvalue weighted by Gasteiger charge is -2.32. The Morgan fingerprint density at radius 2 is 1.77 bits per heavy atom. The third-order valence-corrected chi connectivity index (χ3v) is 5.16. The van der Waals surface area contributed by atoms with Crippen LogP contribution in [0.3, 0.4) is 0 Å². The fraction of sp³-hybridized carbons (Fsp3) is 0.286. The molecule has 2 heterocycles. The number of anilines is 2. The van der Waals surface area contributed by atoms with Crippen LogP contribution < -0.4 is 15.1 Å². The zero-order valence-corrected chi connectivity index (χ0v) is 15.2. The van der Waals surface area contributed by atoms with E-state index in [1.54, 1.807) is 4.90 Å². The standard InChI is InChI=1S/C21H23N3O2/c1-15-16-7-3-6-10-19(16)26-20(15)21(25)22-17-8-4-5-9-18(17)24-13-11-23(2)12-14-24/h3-10H,11-14H2,1-2H3,(H,22,25)/p+1. The van der Waals surface area contributed by atoms with E-state index in [2.05, 4.69) is 23.3 Å². The minimum absolute atomic E-state index is 0.203. The number of hydrogen-bond donors (Lipinski definition) is 2. The predicted octanol–water partition coefficient (Wildman–Crippen LogP) is 2.33. The number of piperazine rings is 1. The number of rotatable bonds is 3. The van der Waals surface area contributed by atoms with Crippen LogP contribution in [-0.4, -0.2) is 39.1 Å². The summed E-state index contributed by atoms with van der Waals surface area (Å²) >= 11 is 0. The maximum atomic E-state index is 12.9. The van der Waals surface area contributed by atoms with Gasteiger partial charge in [0.1, 0.15) is 5.58 Å². The van der Waals surface area contributed by atoms with E-state index in [0.29, 0.717) is 5.76 Å². The number of furan rings is 1. The summed E-state index contributed by atoms with van der Waals surface area (Å²) in [4.78, 5) is 16.7. The number of quaternary nitrogens is 1. The van der Waals surface area contributed by atoms with Gasteiger partial charge in [0.2, 0.25) is 0 Å². The second-order valence-corrected chi connectivity index (χ2v) is 6.97.